The van der Waals surface area contributed by atoms with Gasteiger partial charge in [-0.3, -0.25) is 9.69 Å². The predicted molar refractivity (Wildman–Crippen MR) is 80.6 cm³/mol. The van der Waals surface area contributed by atoms with Gasteiger partial charge in [0.2, 0.25) is 0 Å². The number of hydrogen-bond donors (Lipinski definition) is 2. The van der Waals surface area contributed by atoms with Crippen LogP contribution in [0, 0.1) is 0 Å². The Balaban J connectivity index is 1.54. The number of urea groups is 1. The van der Waals surface area contributed by atoms with Crippen molar-refractivity contribution in [3.8, 4) is 0 Å². The van der Waals surface area contributed by atoms with E-state index in [1.54, 1.807) is 0 Å². The number of morpholine rings is 1. The van der Waals surface area contributed by atoms with Gasteiger partial charge in [-0.1, -0.05) is 30.3 Å². The number of quaternary nitrogens is 1. The molecule has 2 fully saturated rings. The van der Waals surface area contributed by atoms with Gasteiger partial charge in [-0.2, -0.15) is 0 Å². The van der Waals surface area contributed by atoms with Gasteiger partial charge in [-0.05, 0) is 5.56 Å². The Bertz CT molecular complexity index is 529. The van der Waals surface area contributed by atoms with E-state index in [4.69, 9.17) is 4.74 Å². The first kappa shape index (κ1) is 15.0. The number of nitrogens with one attached hydrogen (secondary N) is 2. The average molecular weight is 304 g/mol. The van der Waals surface area contributed by atoms with Crippen molar-refractivity contribution >= 4 is 11.9 Å². The fraction of sp³-hybridized carbons (Fsp3) is 0.500. The molecule has 2 saturated heterocycles. The Kier molecular flexibility index (Phi) is 4.70. The van der Waals surface area contributed by atoms with Crippen LogP contribution in [0.1, 0.15) is 5.56 Å². The van der Waals surface area contributed by atoms with Crippen LogP contribution in [0.4, 0.5) is 4.79 Å². The molecular weight excluding hydrogens is 282 g/mol. The van der Waals surface area contributed by atoms with Gasteiger partial charge >= 0.3 is 6.03 Å². The Morgan fingerprint density at radius 1 is 1.18 bits per heavy atom. The Hall–Kier alpha value is -1.92. The lowest BCUT2D eigenvalue weighted by molar-refractivity contribution is -0.907. The molecule has 3 amide bonds. The first-order valence-electron chi connectivity index (χ1n) is 7.81. The van der Waals surface area contributed by atoms with Crippen molar-refractivity contribution in [2.24, 2.45) is 0 Å². The molecule has 0 aliphatic carbocycles. The number of amides is 3. The first-order chi connectivity index (χ1) is 10.7. The number of ether oxygens (including phenoxy) is 1. The number of rotatable bonds is 5. The highest BCUT2D eigenvalue weighted by Crippen LogP contribution is 2.11. The van der Waals surface area contributed by atoms with E-state index in [2.05, 4.69) is 5.32 Å². The molecule has 6 nitrogen and oxygen atoms in total. The normalized spacial score (nSPS) is 22.9. The highest BCUT2D eigenvalue weighted by molar-refractivity contribution is 6.04. The van der Waals surface area contributed by atoms with Gasteiger partial charge in [0, 0.05) is 6.42 Å². The summed E-state index contributed by atoms with van der Waals surface area (Å²) in [5, 5.41) is 2.79. The smallest absolute Gasteiger partial charge is 0.325 e. The molecule has 1 aromatic carbocycles. The molecule has 0 saturated carbocycles. The molecule has 1 atom stereocenters. The summed E-state index contributed by atoms with van der Waals surface area (Å²) in [6.07, 6.45) is 0.548. The van der Waals surface area contributed by atoms with Crippen molar-refractivity contribution in [3.63, 3.8) is 0 Å². The van der Waals surface area contributed by atoms with E-state index in [9.17, 15) is 9.59 Å². The second kappa shape index (κ2) is 6.89. The quantitative estimate of drug-likeness (QED) is 0.691. The Morgan fingerprint density at radius 3 is 2.64 bits per heavy atom. The van der Waals surface area contributed by atoms with Crippen LogP contribution in [0.5, 0.6) is 0 Å². The largest absolute Gasteiger partial charge is 0.370 e. The van der Waals surface area contributed by atoms with E-state index in [1.165, 1.54) is 9.80 Å². The average Bonchev–Trinajstić information content (AvgIpc) is 2.81. The van der Waals surface area contributed by atoms with E-state index in [1.807, 2.05) is 30.3 Å². The molecule has 0 unspecified atom stereocenters. The summed E-state index contributed by atoms with van der Waals surface area (Å²) < 4.78 is 5.32. The van der Waals surface area contributed by atoms with Crippen LogP contribution in [-0.2, 0) is 16.0 Å². The molecule has 22 heavy (non-hydrogen) atoms. The fourth-order valence-corrected chi connectivity index (χ4v) is 2.96. The first-order valence-corrected chi connectivity index (χ1v) is 7.81. The van der Waals surface area contributed by atoms with Crippen LogP contribution >= 0.6 is 0 Å². The van der Waals surface area contributed by atoms with Crippen LogP contribution in [0.2, 0.25) is 0 Å². The number of benzene rings is 1. The second-order valence-corrected chi connectivity index (χ2v) is 5.79. The third-order valence-corrected chi connectivity index (χ3v) is 4.28. The molecule has 1 aromatic rings. The summed E-state index contributed by atoms with van der Waals surface area (Å²) >= 11 is 0. The highest BCUT2D eigenvalue weighted by atomic mass is 16.5. The van der Waals surface area contributed by atoms with Gasteiger partial charge < -0.3 is 15.0 Å². The molecule has 2 heterocycles. The maximum absolute atomic E-state index is 12.4. The van der Waals surface area contributed by atoms with Gasteiger partial charge in [0.25, 0.3) is 5.91 Å². The van der Waals surface area contributed by atoms with Gasteiger partial charge in [0.05, 0.1) is 26.3 Å². The summed E-state index contributed by atoms with van der Waals surface area (Å²) in [5.74, 6) is -0.110. The summed E-state index contributed by atoms with van der Waals surface area (Å²) in [7, 11) is 0. The molecule has 6 heteroatoms. The molecule has 2 aliphatic heterocycles. The van der Waals surface area contributed by atoms with Crippen molar-refractivity contribution in [1.29, 1.82) is 0 Å². The molecule has 0 bridgehead atoms. The fourth-order valence-electron chi connectivity index (χ4n) is 2.96. The SMILES string of the molecule is O=C1N[C@@H](Cc2ccccc2)C(=O)N1CC[NH+]1CCOCC1. The van der Waals surface area contributed by atoms with E-state index < -0.39 is 6.04 Å². The molecule has 0 aromatic heterocycles. The number of nitrogens with zero attached hydrogens (tertiary/aromatic N) is 1. The maximum Gasteiger partial charge on any atom is 0.325 e. The monoisotopic (exact) mass is 304 g/mol. The second-order valence-electron chi connectivity index (χ2n) is 5.79. The zero-order valence-electron chi connectivity index (χ0n) is 12.6. The van der Waals surface area contributed by atoms with Crippen molar-refractivity contribution in [1.82, 2.24) is 10.2 Å². The van der Waals surface area contributed by atoms with Crippen molar-refractivity contribution in [3.05, 3.63) is 35.9 Å². The zero-order chi connectivity index (χ0) is 15.4. The van der Waals surface area contributed by atoms with E-state index in [0.717, 1.165) is 38.4 Å². The molecular formula is C16H22N3O3+. The highest BCUT2D eigenvalue weighted by Gasteiger charge is 2.38. The topological polar surface area (TPSA) is 63.1 Å². The lowest BCUT2D eigenvalue weighted by atomic mass is 10.1. The molecule has 2 aliphatic rings. The lowest BCUT2D eigenvalue weighted by Crippen LogP contribution is -3.14. The van der Waals surface area contributed by atoms with Crippen molar-refractivity contribution in [2.75, 3.05) is 39.4 Å². The number of carbonyl (C=O) groups excluding carboxylic acids is 2. The summed E-state index contributed by atoms with van der Waals surface area (Å²) in [4.78, 5) is 27.2. The minimum atomic E-state index is -0.436. The Morgan fingerprint density at radius 2 is 1.91 bits per heavy atom. The van der Waals surface area contributed by atoms with Crippen molar-refractivity contribution in [2.45, 2.75) is 12.5 Å². The van der Waals surface area contributed by atoms with Crippen LogP contribution in [-0.4, -0.2) is 62.3 Å². The zero-order valence-corrected chi connectivity index (χ0v) is 12.6. The molecule has 3 rings (SSSR count). The minimum absolute atomic E-state index is 0.110. The molecule has 2 N–H and O–H groups in total. The lowest BCUT2D eigenvalue weighted by Gasteiger charge is -2.25. The van der Waals surface area contributed by atoms with Crippen LogP contribution in [0.3, 0.4) is 0 Å². The van der Waals surface area contributed by atoms with Crippen LogP contribution in [0.15, 0.2) is 30.3 Å². The number of carbonyl (C=O) groups is 2. The third-order valence-electron chi connectivity index (χ3n) is 4.28. The van der Waals surface area contributed by atoms with Gasteiger partial charge in [0.1, 0.15) is 19.1 Å². The minimum Gasteiger partial charge on any atom is -0.370 e. The Labute approximate surface area is 130 Å². The van der Waals surface area contributed by atoms with Crippen LogP contribution in [0.25, 0.3) is 0 Å². The van der Waals surface area contributed by atoms with E-state index >= 15 is 0 Å². The summed E-state index contributed by atoms with van der Waals surface area (Å²) in [5.41, 5.74) is 1.06. The molecule has 0 spiro atoms. The van der Waals surface area contributed by atoms with Gasteiger partial charge in [-0.15, -0.1) is 0 Å². The van der Waals surface area contributed by atoms with E-state index in [-0.39, 0.29) is 11.9 Å². The number of hydrogen-bond acceptors (Lipinski definition) is 3. The van der Waals surface area contributed by atoms with E-state index in [0.29, 0.717) is 13.0 Å². The van der Waals surface area contributed by atoms with Crippen molar-refractivity contribution < 1.29 is 19.2 Å². The maximum atomic E-state index is 12.4. The molecule has 0 radical (unpaired) electrons. The van der Waals surface area contributed by atoms with Gasteiger partial charge in [-0.25, -0.2) is 4.79 Å². The van der Waals surface area contributed by atoms with Crippen LogP contribution < -0.4 is 10.2 Å². The van der Waals surface area contributed by atoms with Gasteiger partial charge in [0.15, 0.2) is 0 Å². The molecule has 118 valence electrons. The summed E-state index contributed by atoms with van der Waals surface area (Å²) in [6.45, 7) is 4.66. The summed E-state index contributed by atoms with van der Waals surface area (Å²) in [6, 6.07) is 9.07. The standard InChI is InChI=1S/C16H21N3O3/c20-15-14(12-13-4-2-1-3-5-13)17-16(21)19(15)7-6-18-8-10-22-11-9-18/h1-5,14H,6-12H2,(H,17,21)/p+1/t14-/m0/s1. The predicted octanol–water partition coefficient (Wildman–Crippen LogP) is -0.935. The third kappa shape index (κ3) is 3.45. The number of imide groups is 1.